The zero-order valence-electron chi connectivity index (χ0n) is 11.2. The monoisotopic (exact) mass is 264 g/mol. The van der Waals surface area contributed by atoms with Crippen LogP contribution in [0.5, 0.6) is 5.75 Å². The van der Waals surface area contributed by atoms with Crippen LogP contribution >= 0.6 is 0 Å². The van der Waals surface area contributed by atoms with Gasteiger partial charge in [-0.2, -0.15) is 0 Å². The van der Waals surface area contributed by atoms with E-state index in [1.54, 1.807) is 6.07 Å². The summed E-state index contributed by atoms with van der Waals surface area (Å²) in [6.45, 7) is 3.22. The van der Waals surface area contributed by atoms with Crippen LogP contribution in [0.25, 0.3) is 0 Å². The maximum absolute atomic E-state index is 10.9. The van der Waals surface area contributed by atoms with Gasteiger partial charge in [-0.3, -0.25) is 10.1 Å². The van der Waals surface area contributed by atoms with Crippen molar-refractivity contribution >= 4 is 11.4 Å². The molecule has 0 heterocycles. The van der Waals surface area contributed by atoms with Crippen LogP contribution in [0, 0.1) is 16.0 Å². The maximum atomic E-state index is 10.9. The van der Waals surface area contributed by atoms with E-state index < -0.39 is 4.92 Å². The maximum Gasteiger partial charge on any atom is 0.275 e. The highest BCUT2D eigenvalue weighted by atomic mass is 16.6. The highest BCUT2D eigenvalue weighted by Gasteiger charge is 2.20. The van der Waals surface area contributed by atoms with Gasteiger partial charge in [0.05, 0.1) is 17.6 Å². The van der Waals surface area contributed by atoms with Crippen LogP contribution in [0.1, 0.15) is 32.6 Å². The summed E-state index contributed by atoms with van der Waals surface area (Å²) in [6.07, 6.45) is 5.09. The number of nitro benzene ring substituents is 1. The van der Waals surface area contributed by atoms with E-state index >= 15 is 0 Å². The second kappa shape index (κ2) is 6.41. The lowest BCUT2D eigenvalue weighted by molar-refractivity contribution is -0.384. The average molecular weight is 264 g/mol. The van der Waals surface area contributed by atoms with Crippen LogP contribution in [0.3, 0.4) is 0 Å². The zero-order chi connectivity index (χ0) is 13.7. The molecule has 0 spiro atoms. The first-order valence-electron chi connectivity index (χ1n) is 6.85. The molecule has 104 valence electrons. The van der Waals surface area contributed by atoms with E-state index in [2.05, 4.69) is 5.32 Å². The smallest absolute Gasteiger partial charge is 0.275 e. The summed E-state index contributed by atoms with van der Waals surface area (Å²) < 4.78 is 5.35. The van der Waals surface area contributed by atoms with Crippen molar-refractivity contribution in [2.75, 3.05) is 18.5 Å². The number of ether oxygens (including phenoxy) is 1. The van der Waals surface area contributed by atoms with Gasteiger partial charge in [0.2, 0.25) is 0 Å². The molecule has 0 amide bonds. The zero-order valence-corrected chi connectivity index (χ0v) is 11.2. The largest absolute Gasteiger partial charge is 0.494 e. The molecule has 0 bridgehead atoms. The summed E-state index contributed by atoms with van der Waals surface area (Å²) in [5, 5.41) is 14.1. The van der Waals surface area contributed by atoms with Crippen molar-refractivity contribution in [3.05, 3.63) is 28.3 Å². The SMILES string of the molecule is CCOc1cc(NCCCC2CC2)cc([N+](=O)[O-])c1. The normalized spacial score (nSPS) is 14.2. The Morgan fingerprint density at radius 3 is 2.84 bits per heavy atom. The lowest BCUT2D eigenvalue weighted by Crippen LogP contribution is -2.03. The Hall–Kier alpha value is -1.78. The Labute approximate surface area is 113 Å². The van der Waals surface area contributed by atoms with Crippen molar-refractivity contribution in [2.45, 2.75) is 32.6 Å². The first-order valence-corrected chi connectivity index (χ1v) is 6.85. The minimum absolute atomic E-state index is 0.0654. The second-order valence-corrected chi connectivity index (χ2v) is 4.92. The summed E-state index contributed by atoms with van der Waals surface area (Å²) in [5.74, 6) is 1.47. The molecule has 2 rings (SSSR count). The van der Waals surface area contributed by atoms with Gasteiger partial charge in [-0.05, 0) is 25.7 Å². The number of hydrogen-bond acceptors (Lipinski definition) is 4. The Bertz CT molecular complexity index is 444. The molecule has 5 nitrogen and oxygen atoms in total. The molecule has 19 heavy (non-hydrogen) atoms. The fourth-order valence-corrected chi connectivity index (χ4v) is 2.07. The number of non-ortho nitro benzene ring substituents is 1. The molecule has 1 aliphatic rings. The molecule has 0 saturated heterocycles. The number of nitro groups is 1. The summed E-state index contributed by atoms with van der Waals surface area (Å²) >= 11 is 0. The van der Waals surface area contributed by atoms with Gasteiger partial charge in [-0.25, -0.2) is 0 Å². The Kier molecular flexibility index (Phi) is 4.60. The van der Waals surface area contributed by atoms with Gasteiger partial charge in [0, 0.05) is 24.4 Å². The lowest BCUT2D eigenvalue weighted by atomic mass is 10.2. The number of nitrogens with zero attached hydrogens (tertiary/aromatic N) is 1. The Morgan fingerprint density at radius 2 is 2.21 bits per heavy atom. The molecule has 0 unspecified atom stereocenters. The fraction of sp³-hybridized carbons (Fsp3) is 0.571. The molecule has 0 aliphatic heterocycles. The van der Waals surface area contributed by atoms with Crippen LogP contribution in [0.4, 0.5) is 11.4 Å². The summed E-state index contributed by atoms with van der Waals surface area (Å²) in [7, 11) is 0. The van der Waals surface area contributed by atoms with E-state index in [4.69, 9.17) is 4.74 Å². The van der Waals surface area contributed by atoms with Gasteiger partial charge >= 0.3 is 0 Å². The number of rotatable bonds is 8. The van der Waals surface area contributed by atoms with Crippen molar-refractivity contribution in [2.24, 2.45) is 5.92 Å². The van der Waals surface area contributed by atoms with Gasteiger partial charge in [0.1, 0.15) is 5.75 Å². The first-order chi connectivity index (χ1) is 9.19. The molecule has 1 N–H and O–H groups in total. The lowest BCUT2D eigenvalue weighted by Gasteiger charge is -2.09. The molecule has 0 aromatic heterocycles. The molecule has 0 atom stereocenters. The highest BCUT2D eigenvalue weighted by Crippen LogP contribution is 2.33. The average Bonchev–Trinajstić information content (AvgIpc) is 3.19. The minimum Gasteiger partial charge on any atom is -0.494 e. The third-order valence-electron chi connectivity index (χ3n) is 3.23. The quantitative estimate of drug-likeness (QED) is 0.442. The predicted octanol–water partition coefficient (Wildman–Crippen LogP) is 3.60. The molecule has 0 radical (unpaired) electrons. The van der Waals surface area contributed by atoms with Gasteiger partial charge in [-0.1, -0.05) is 12.8 Å². The van der Waals surface area contributed by atoms with Crippen molar-refractivity contribution in [1.82, 2.24) is 0 Å². The van der Waals surface area contributed by atoms with Crippen molar-refractivity contribution in [1.29, 1.82) is 0 Å². The second-order valence-electron chi connectivity index (χ2n) is 4.92. The number of nitrogens with one attached hydrogen (secondary N) is 1. The van der Waals surface area contributed by atoms with E-state index in [0.29, 0.717) is 12.4 Å². The van der Waals surface area contributed by atoms with Crippen LogP contribution in [0.2, 0.25) is 0 Å². The van der Waals surface area contributed by atoms with Gasteiger partial charge < -0.3 is 10.1 Å². The third kappa shape index (κ3) is 4.43. The highest BCUT2D eigenvalue weighted by molar-refractivity contribution is 5.56. The Morgan fingerprint density at radius 1 is 1.42 bits per heavy atom. The summed E-state index contributed by atoms with van der Waals surface area (Å²) in [5.41, 5.74) is 0.823. The van der Waals surface area contributed by atoms with E-state index in [-0.39, 0.29) is 5.69 Å². The standard InChI is InChI=1S/C14H20N2O3/c1-2-19-14-9-12(8-13(10-14)16(17)18)15-7-3-4-11-5-6-11/h8-11,15H,2-7H2,1H3. The van der Waals surface area contributed by atoms with Crippen molar-refractivity contribution in [3.63, 3.8) is 0 Å². The number of anilines is 1. The molecule has 1 saturated carbocycles. The van der Waals surface area contributed by atoms with Gasteiger partial charge in [0.15, 0.2) is 0 Å². The number of hydrogen-bond donors (Lipinski definition) is 1. The molecule has 1 aliphatic carbocycles. The molecule has 5 heteroatoms. The fourth-order valence-electron chi connectivity index (χ4n) is 2.07. The number of benzene rings is 1. The van der Waals surface area contributed by atoms with E-state index in [1.807, 2.05) is 13.0 Å². The molecular weight excluding hydrogens is 244 g/mol. The van der Waals surface area contributed by atoms with Crippen LogP contribution < -0.4 is 10.1 Å². The summed E-state index contributed by atoms with van der Waals surface area (Å²) in [4.78, 5) is 10.5. The predicted molar refractivity (Wildman–Crippen MR) is 74.7 cm³/mol. The first kappa shape index (κ1) is 13.6. The van der Waals surface area contributed by atoms with Gasteiger partial charge in [0.25, 0.3) is 5.69 Å². The minimum atomic E-state index is -0.391. The van der Waals surface area contributed by atoms with Gasteiger partial charge in [-0.15, -0.1) is 0 Å². The topological polar surface area (TPSA) is 64.4 Å². The van der Waals surface area contributed by atoms with Crippen LogP contribution in [-0.4, -0.2) is 18.1 Å². The van der Waals surface area contributed by atoms with E-state index in [1.165, 1.54) is 25.3 Å². The van der Waals surface area contributed by atoms with Crippen molar-refractivity contribution < 1.29 is 9.66 Å². The molecule has 1 aromatic rings. The molecular formula is C14H20N2O3. The molecule has 1 fully saturated rings. The summed E-state index contributed by atoms with van der Waals surface area (Å²) in [6, 6.07) is 4.83. The van der Waals surface area contributed by atoms with E-state index in [0.717, 1.165) is 24.6 Å². The van der Waals surface area contributed by atoms with Crippen LogP contribution in [0.15, 0.2) is 18.2 Å². The van der Waals surface area contributed by atoms with Crippen LogP contribution in [-0.2, 0) is 0 Å². The molecule has 1 aromatic carbocycles. The Balaban J connectivity index is 1.94. The van der Waals surface area contributed by atoms with Crippen molar-refractivity contribution in [3.8, 4) is 5.75 Å². The van der Waals surface area contributed by atoms with E-state index in [9.17, 15) is 10.1 Å². The third-order valence-corrected chi connectivity index (χ3v) is 3.23.